The van der Waals surface area contributed by atoms with Crippen molar-refractivity contribution < 1.29 is 9.18 Å². The molecule has 2 aliphatic rings. The van der Waals surface area contributed by atoms with Crippen molar-refractivity contribution in [2.45, 2.75) is 44.7 Å². The molecule has 0 aromatic heterocycles. The average molecular weight is 410 g/mol. The first-order valence-electron chi connectivity index (χ1n) is 9.98. The highest BCUT2D eigenvalue weighted by atomic mass is 32.2. The van der Waals surface area contributed by atoms with Crippen LogP contribution in [0.25, 0.3) is 0 Å². The number of hydrogen-bond donors (Lipinski definition) is 1. The molecule has 4 rings (SSSR count). The van der Waals surface area contributed by atoms with Gasteiger partial charge in [0.25, 0.3) is 0 Å². The van der Waals surface area contributed by atoms with E-state index in [9.17, 15) is 9.18 Å². The predicted octanol–water partition coefficient (Wildman–Crippen LogP) is 5.37. The van der Waals surface area contributed by atoms with Gasteiger partial charge in [-0.05, 0) is 56.9 Å². The summed E-state index contributed by atoms with van der Waals surface area (Å²) in [5, 5.41) is 3.64. The summed E-state index contributed by atoms with van der Waals surface area (Å²) < 4.78 is 13.0. The molecule has 29 heavy (non-hydrogen) atoms. The van der Waals surface area contributed by atoms with E-state index in [0.29, 0.717) is 5.69 Å². The van der Waals surface area contributed by atoms with Crippen molar-refractivity contribution in [2.75, 3.05) is 11.1 Å². The molecule has 0 unspecified atom stereocenters. The lowest BCUT2D eigenvalue weighted by Gasteiger charge is -2.27. The number of carbonyl (C=O) groups excluding carboxylic acids is 1. The summed E-state index contributed by atoms with van der Waals surface area (Å²) in [5.41, 5.74) is 3.37. The number of anilines is 1. The first kappa shape index (κ1) is 19.8. The number of aliphatic imine (C=N–C) groups is 2. The second-order valence-corrected chi connectivity index (χ2v) is 8.59. The van der Waals surface area contributed by atoms with E-state index in [2.05, 4.69) is 36.5 Å². The molecule has 1 fully saturated rings. The Morgan fingerprint density at radius 3 is 2.41 bits per heavy atom. The molecule has 0 radical (unpaired) electrons. The first-order valence-corrected chi connectivity index (χ1v) is 11.0. The molecule has 1 aliphatic carbocycles. The monoisotopic (exact) mass is 409 g/mol. The molecule has 1 saturated carbocycles. The molecular weight excluding hydrogens is 385 g/mol. The van der Waals surface area contributed by atoms with Gasteiger partial charge in [0.1, 0.15) is 10.9 Å². The fourth-order valence-corrected chi connectivity index (χ4v) is 4.60. The third-order valence-corrected chi connectivity index (χ3v) is 6.24. The minimum atomic E-state index is -0.353. The molecule has 1 N–H and O–H groups in total. The third kappa shape index (κ3) is 4.75. The van der Waals surface area contributed by atoms with Crippen LogP contribution in [0.5, 0.6) is 0 Å². The SMILES string of the molecule is Cc1ccc(C2=NC3(CCCCC3)N=C2SCC(=O)Nc2ccc(F)cc2)cc1. The molecule has 150 valence electrons. The van der Waals surface area contributed by atoms with Crippen molar-refractivity contribution >= 4 is 34.1 Å². The number of amides is 1. The number of nitrogens with one attached hydrogen (secondary N) is 1. The number of aryl methyl sites for hydroxylation is 1. The van der Waals surface area contributed by atoms with Crippen molar-refractivity contribution in [3.8, 4) is 0 Å². The molecule has 2 aromatic rings. The lowest BCUT2D eigenvalue weighted by Crippen LogP contribution is -2.25. The molecule has 2 aromatic carbocycles. The first-order chi connectivity index (χ1) is 14.0. The normalized spacial score (nSPS) is 17.7. The van der Waals surface area contributed by atoms with E-state index < -0.39 is 0 Å². The van der Waals surface area contributed by atoms with Crippen LogP contribution >= 0.6 is 11.8 Å². The van der Waals surface area contributed by atoms with Gasteiger partial charge in [0.15, 0.2) is 5.66 Å². The Morgan fingerprint density at radius 1 is 1.03 bits per heavy atom. The number of carbonyl (C=O) groups is 1. The van der Waals surface area contributed by atoms with E-state index in [1.165, 1.54) is 35.9 Å². The van der Waals surface area contributed by atoms with Crippen molar-refractivity contribution in [1.29, 1.82) is 0 Å². The highest BCUT2D eigenvalue weighted by Crippen LogP contribution is 2.38. The van der Waals surface area contributed by atoms with Gasteiger partial charge in [0, 0.05) is 11.3 Å². The highest BCUT2D eigenvalue weighted by molar-refractivity contribution is 8.16. The van der Waals surface area contributed by atoms with Crippen LogP contribution in [0.3, 0.4) is 0 Å². The van der Waals surface area contributed by atoms with Gasteiger partial charge in [-0.15, -0.1) is 0 Å². The molecule has 0 bridgehead atoms. The van der Waals surface area contributed by atoms with Gasteiger partial charge in [-0.25, -0.2) is 9.38 Å². The topological polar surface area (TPSA) is 53.8 Å². The number of hydrogen-bond acceptors (Lipinski definition) is 4. The second-order valence-electron chi connectivity index (χ2n) is 7.63. The van der Waals surface area contributed by atoms with E-state index in [4.69, 9.17) is 9.98 Å². The molecule has 0 atom stereocenters. The van der Waals surface area contributed by atoms with Gasteiger partial charge in [-0.3, -0.25) is 9.79 Å². The van der Waals surface area contributed by atoms with Crippen LogP contribution in [0, 0.1) is 12.7 Å². The standard InChI is InChI=1S/C23H24FN3OS/c1-16-5-7-17(8-6-16)21-22(27-23(26-21)13-3-2-4-14-23)29-15-20(28)25-19-11-9-18(24)10-12-19/h5-12H,2-4,13-15H2,1H3,(H,25,28). The van der Waals surface area contributed by atoms with E-state index in [1.807, 2.05) is 0 Å². The molecule has 1 spiro atoms. The van der Waals surface area contributed by atoms with Gasteiger partial charge in [0.05, 0.1) is 11.5 Å². The van der Waals surface area contributed by atoms with E-state index in [1.54, 1.807) is 12.1 Å². The fourth-order valence-electron chi connectivity index (χ4n) is 3.73. The van der Waals surface area contributed by atoms with Crippen molar-refractivity contribution in [1.82, 2.24) is 0 Å². The van der Waals surface area contributed by atoms with Crippen LogP contribution in [0.2, 0.25) is 0 Å². The van der Waals surface area contributed by atoms with Crippen LogP contribution in [-0.2, 0) is 4.79 Å². The van der Waals surface area contributed by atoms with Gasteiger partial charge in [-0.1, -0.05) is 48.0 Å². The number of rotatable bonds is 4. The van der Waals surface area contributed by atoms with E-state index in [0.717, 1.165) is 42.0 Å². The van der Waals surface area contributed by atoms with Gasteiger partial charge in [0.2, 0.25) is 5.91 Å². The zero-order chi connectivity index (χ0) is 20.3. The molecule has 6 heteroatoms. The molecule has 1 aliphatic heterocycles. The van der Waals surface area contributed by atoms with Crippen molar-refractivity contribution in [2.24, 2.45) is 9.98 Å². The van der Waals surface area contributed by atoms with E-state index in [-0.39, 0.29) is 23.1 Å². The minimum absolute atomic E-state index is 0.142. The van der Waals surface area contributed by atoms with E-state index >= 15 is 0 Å². The quantitative estimate of drug-likeness (QED) is 0.738. The van der Waals surface area contributed by atoms with Gasteiger partial charge in [-0.2, -0.15) is 0 Å². The largest absolute Gasteiger partial charge is 0.325 e. The Morgan fingerprint density at radius 2 is 1.72 bits per heavy atom. The number of thioether (sulfide) groups is 1. The maximum absolute atomic E-state index is 13.0. The van der Waals surface area contributed by atoms with Crippen molar-refractivity contribution in [3.63, 3.8) is 0 Å². The third-order valence-electron chi connectivity index (χ3n) is 5.28. The fraction of sp³-hybridized carbons (Fsp3) is 0.348. The average Bonchev–Trinajstić information content (AvgIpc) is 3.07. The minimum Gasteiger partial charge on any atom is -0.325 e. The smallest absolute Gasteiger partial charge is 0.234 e. The summed E-state index contributed by atoms with van der Waals surface area (Å²) in [6.45, 7) is 2.06. The zero-order valence-electron chi connectivity index (χ0n) is 16.5. The molecule has 1 amide bonds. The summed E-state index contributed by atoms with van der Waals surface area (Å²) in [4.78, 5) is 22.4. The van der Waals surface area contributed by atoms with Crippen LogP contribution in [0.15, 0.2) is 58.5 Å². The molecule has 0 saturated heterocycles. The Bertz CT molecular complexity index is 945. The Kier molecular flexibility index (Phi) is 5.81. The number of benzene rings is 2. The predicted molar refractivity (Wildman–Crippen MR) is 118 cm³/mol. The molecule has 4 nitrogen and oxygen atoms in total. The van der Waals surface area contributed by atoms with Crippen molar-refractivity contribution in [3.05, 3.63) is 65.5 Å². The zero-order valence-corrected chi connectivity index (χ0v) is 17.3. The summed E-state index contributed by atoms with van der Waals surface area (Å²) in [5.74, 6) is -0.233. The maximum Gasteiger partial charge on any atom is 0.234 e. The Balaban J connectivity index is 1.49. The highest BCUT2D eigenvalue weighted by Gasteiger charge is 2.37. The van der Waals surface area contributed by atoms with Gasteiger partial charge < -0.3 is 5.32 Å². The van der Waals surface area contributed by atoms with Crippen LogP contribution in [-0.4, -0.2) is 28.1 Å². The number of halogens is 1. The Labute approximate surface area is 174 Å². The second kappa shape index (κ2) is 8.49. The van der Waals surface area contributed by atoms with Crippen LogP contribution < -0.4 is 5.32 Å². The number of nitrogens with zero attached hydrogens (tertiary/aromatic N) is 2. The summed E-state index contributed by atoms with van der Waals surface area (Å²) in [6.07, 6.45) is 5.44. The van der Waals surface area contributed by atoms with Crippen LogP contribution in [0.4, 0.5) is 10.1 Å². The molecular formula is C23H24FN3OS. The summed E-state index contributed by atoms with van der Waals surface area (Å²) in [7, 11) is 0. The lowest BCUT2D eigenvalue weighted by atomic mass is 9.90. The lowest BCUT2D eigenvalue weighted by molar-refractivity contribution is -0.113. The molecule has 1 heterocycles. The maximum atomic E-state index is 13.0. The van der Waals surface area contributed by atoms with Gasteiger partial charge >= 0.3 is 0 Å². The summed E-state index contributed by atoms with van der Waals surface area (Å²) >= 11 is 1.42. The Hall–Kier alpha value is -2.47. The summed E-state index contributed by atoms with van der Waals surface area (Å²) in [6, 6.07) is 14.1. The van der Waals surface area contributed by atoms with Crippen LogP contribution in [0.1, 0.15) is 43.2 Å².